The van der Waals surface area contributed by atoms with Crippen molar-refractivity contribution in [2.75, 3.05) is 27.4 Å². The van der Waals surface area contributed by atoms with Crippen LogP contribution in [0.4, 0.5) is 0 Å². The van der Waals surface area contributed by atoms with Gasteiger partial charge in [0.15, 0.2) is 28.8 Å². The fourth-order valence-corrected chi connectivity index (χ4v) is 6.49. The number of hydrogen-bond donors (Lipinski definition) is 9. The Hall–Kier alpha value is -5.28. The van der Waals surface area contributed by atoms with E-state index in [2.05, 4.69) is 0 Å². The lowest BCUT2D eigenvalue weighted by atomic mass is 9.89. The lowest BCUT2D eigenvalue weighted by molar-refractivity contribution is -0.342. The fraction of sp³-hybridized carbons (Fsp3) is 0.368. The van der Waals surface area contributed by atoms with E-state index in [9.17, 15) is 55.5 Å². The van der Waals surface area contributed by atoms with Crippen LogP contribution in [0.2, 0.25) is 0 Å². The van der Waals surface area contributed by atoms with Crippen molar-refractivity contribution in [3.63, 3.8) is 0 Å². The zero-order valence-corrected chi connectivity index (χ0v) is 29.7. The van der Waals surface area contributed by atoms with Gasteiger partial charge in [-0.25, -0.2) is 4.79 Å². The predicted octanol–water partition coefficient (Wildman–Crippen LogP) is 0.197. The molecule has 6 rings (SSSR count). The van der Waals surface area contributed by atoms with Gasteiger partial charge < -0.3 is 78.8 Å². The molecule has 2 fully saturated rings. The zero-order chi connectivity index (χ0) is 40.4. The van der Waals surface area contributed by atoms with Crippen LogP contribution in [0.1, 0.15) is 17.2 Å². The second-order valence-electron chi connectivity index (χ2n) is 13.0. The topological polar surface area (TPSA) is 285 Å². The molecule has 300 valence electrons. The van der Waals surface area contributed by atoms with Crippen molar-refractivity contribution < 1.29 is 83.6 Å². The van der Waals surface area contributed by atoms with Crippen LogP contribution >= 0.6 is 0 Å². The molecule has 0 unspecified atom stereocenters. The summed E-state index contributed by atoms with van der Waals surface area (Å²) in [4.78, 5) is 26.0. The van der Waals surface area contributed by atoms with Crippen molar-refractivity contribution in [3.05, 3.63) is 82.0 Å². The molecule has 1 aromatic heterocycles. The van der Waals surface area contributed by atoms with E-state index in [0.29, 0.717) is 11.1 Å². The van der Waals surface area contributed by atoms with Gasteiger partial charge in [0, 0.05) is 23.8 Å². The van der Waals surface area contributed by atoms with Crippen LogP contribution in [0.3, 0.4) is 0 Å². The highest BCUT2D eigenvalue weighted by molar-refractivity contribution is 5.90. The molecule has 18 heteroatoms. The molecule has 2 saturated heterocycles. The van der Waals surface area contributed by atoms with Gasteiger partial charge in [0.05, 0.1) is 26.4 Å². The second-order valence-corrected chi connectivity index (χ2v) is 13.0. The van der Waals surface area contributed by atoms with Gasteiger partial charge in [0.1, 0.15) is 89.9 Å². The van der Waals surface area contributed by atoms with Crippen molar-refractivity contribution in [2.24, 2.45) is 0 Å². The minimum atomic E-state index is -2.00. The summed E-state index contributed by atoms with van der Waals surface area (Å²) >= 11 is 0. The summed E-state index contributed by atoms with van der Waals surface area (Å²) in [5.74, 6) is -1.67. The Labute approximate surface area is 317 Å². The molecule has 3 aromatic carbocycles. The van der Waals surface area contributed by atoms with Gasteiger partial charge in [0.25, 0.3) is 0 Å². The van der Waals surface area contributed by atoms with Crippen molar-refractivity contribution in [3.8, 4) is 40.1 Å². The van der Waals surface area contributed by atoms with E-state index in [0.717, 1.165) is 18.2 Å². The number of benzene rings is 3. The number of esters is 1. The highest BCUT2D eigenvalue weighted by atomic mass is 16.7. The van der Waals surface area contributed by atoms with Crippen LogP contribution < -0.4 is 14.9 Å². The Balaban J connectivity index is 1.32. The number of rotatable bonds is 11. The molecule has 4 aromatic rings. The Bertz CT molecular complexity index is 2110. The molecule has 56 heavy (non-hydrogen) atoms. The third-order valence-electron chi connectivity index (χ3n) is 9.47. The summed E-state index contributed by atoms with van der Waals surface area (Å²) in [6.45, 7) is -1.49. The Morgan fingerprint density at radius 3 is 2.16 bits per heavy atom. The van der Waals surface area contributed by atoms with Gasteiger partial charge in [0.2, 0.25) is 0 Å². The first kappa shape index (κ1) is 40.4. The van der Waals surface area contributed by atoms with E-state index in [1.54, 1.807) is 0 Å². The molecule has 0 bridgehead atoms. The maximum Gasteiger partial charge on any atom is 0.330 e. The minimum Gasteiger partial charge on any atom is -0.508 e. The van der Waals surface area contributed by atoms with Crippen LogP contribution in [0.5, 0.6) is 28.7 Å². The van der Waals surface area contributed by atoms with Crippen LogP contribution in [0, 0.1) is 0 Å². The minimum absolute atomic E-state index is 0.0258. The van der Waals surface area contributed by atoms with E-state index >= 15 is 0 Å². The number of hydrogen-bond acceptors (Lipinski definition) is 18. The van der Waals surface area contributed by atoms with Crippen LogP contribution in [-0.2, 0) is 23.7 Å². The summed E-state index contributed by atoms with van der Waals surface area (Å²) in [5.41, 5.74) is -0.381. The zero-order valence-electron chi connectivity index (χ0n) is 29.7. The highest BCUT2D eigenvalue weighted by Crippen LogP contribution is 2.46. The normalized spacial score (nSPS) is 28.0. The first-order chi connectivity index (χ1) is 26.8. The number of aromatic hydroxyl groups is 3. The molecular formula is C38H40O18. The average molecular weight is 785 g/mol. The fourth-order valence-electron chi connectivity index (χ4n) is 6.49. The SMILES string of the molecule is COc1cc(/C=C/C(=O)OC[C@H]2O[C@@H](O[C@@H]3[C@@H](O)[C@H](O)[C@H](CO)O[C@H]3c3c(OC)cc(O)c4c(=O)cc(-c5ccc(O)cc5)oc34)[C@H](O)[C@@H](O)[C@@H]2O)ccc1O. The number of carbonyl (C=O) groups excluding carboxylic acids is 1. The van der Waals surface area contributed by atoms with Crippen molar-refractivity contribution in [1.29, 1.82) is 0 Å². The molecule has 2 aliphatic rings. The van der Waals surface area contributed by atoms with Gasteiger partial charge in [-0.1, -0.05) is 6.07 Å². The molecule has 2 aliphatic heterocycles. The molecule has 0 spiro atoms. The predicted molar refractivity (Wildman–Crippen MR) is 191 cm³/mol. The summed E-state index contributed by atoms with van der Waals surface area (Å²) < 4.78 is 39.7. The molecule has 0 radical (unpaired) electrons. The molecular weight excluding hydrogens is 744 g/mol. The Morgan fingerprint density at radius 1 is 0.786 bits per heavy atom. The molecule has 18 nitrogen and oxygen atoms in total. The number of methoxy groups -OCH3 is 2. The largest absolute Gasteiger partial charge is 0.508 e. The third-order valence-corrected chi connectivity index (χ3v) is 9.47. The van der Waals surface area contributed by atoms with Crippen LogP contribution in [0.15, 0.2) is 69.9 Å². The van der Waals surface area contributed by atoms with Gasteiger partial charge in [-0.05, 0) is 48.0 Å². The van der Waals surface area contributed by atoms with Crippen LogP contribution in [0.25, 0.3) is 28.4 Å². The summed E-state index contributed by atoms with van der Waals surface area (Å²) in [6, 6.07) is 12.1. The molecule has 0 saturated carbocycles. The lowest BCUT2D eigenvalue weighted by Gasteiger charge is -2.46. The first-order valence-electron chi connectivity index (χ1n) is 17.1. The smallest absolute Gasteiger partial charge is 0.330 e. The average Bonchev–Trinajstić information content (AvgIpc) is 3.19. The third kappa shape index (κ3) is 8.01. The number of phenols is 3. The number of aliphatic hydroxyl groups excluding tert-OH is 6. The monoisotopic (exact) mass is 784 g/mol. The van der Waals surface area contributed by atoms with E-state index in [1.165, 1.54) is 62.8 Å². The number of phenolic OH excluding ortho intramolecular Hbond substituents is 3. The number of carbonyl (C=O) groups is 1. The first-order valence-corrected chi connectivity index (χ1v) is 17.1. The summed E-state index contributed by atoms with van der Waals surface area (Å²) in [6.07, 6.45) is -15.4. The number of aliphatic hydroxyl groups is 6. The van der Waals surface area contributed by atoms with E-state index in [-0.39, 0.29) is 45.3 Å². The maximum absolute atomic E-state index is 13.5. The highest BCUT2D eigenvalue weighted by Gasteiger charge is 2.52. The Kier molecular flexibility index (Phi) is 12.1. The Morgan fingerprint density at radius 2 is 1.48 bits per heavy atom. The van der Waals surface area contributed by atoms with E-state index < -0.39 is 91.6 Å². The van der Waals surface area contributed by atoms with Gasteiger partial charge in [-0.3, -0.25) is 4.79 Å². The molecule has 10 atom stereocenters. The summed E-state index contributed by atoms with van der Waals surface area (Å²) in [5, 5.41) is 95.1. The second kappa shape index (κ2) is 16.8. The van der Waals surface area contributed by atoms with Gasteiger partial charge in [-0.2, -0.15) is 0 Å². The lowest BCUT2D eigenvalue weighted by Crippen LogP contribution is -2.63. The van der Waals surface area contributed by atoms with Crippen molar-refractivity contribution in [1.82, 2.24) is 0 Å². The number of fused-ring (bicyclic) bond motifs is 1. The van der Waals surface area contributed by atoms with E-state index in [1.807, 2.05) is 0 Å². The molecule has 0 amide bonds. The summed E-state index contributed by atoms with van der Waals surface area (Å²) in [7, 11) is 2.57. The standard InChI is InChI=1S/C38H40O18/c1-50-23-11-16(3-9-19(23)41)4-10-27(44)52-15-26-31(46)32(47)34(49)38(55-26)56-37-33(48)30(45)25(14-39)54-36(37)29-24(51-2)13-21(43)28-20(42)12-22(53-35(28)29)17-5-7-18(40)8-6-17/h3-13,25-26,30-34,36-41,43,45-49H,14-15H2,1-2H3/b10-4+/t25-,26+,30+,31+,32-,33-,34+,36-,37+,38-/m0/s1. The molecule has 3 heterocycles. The van der Waals surface area contributed by atoms with E-state index in [4.69, 9.17) is 32.8 Å². The quantitative estimate of drug-likeness (QED) is 0.0725. The molecule has 0 aliphatic carbocycles. The van der Waals surface area contributed by atoms with Gasteiger partial charge >= 0.3 is 5.97 Å². The van der Waals surface area contributed by atoms with Crippen LogP contribution in [-0.4, -0.2) is 134 Å². The van der Waals surface area contributed by atoms with Gasteiger partial charge in [-0.15, -0.1) is 0 Å². The maximum atomic E-state index is 13.5. The van der Waals surface area contributed by atoms with Crippen molar-refractivity contribution >= 4 is 23.0 Å². The number of ether oxygens (including phenoxy) is 6. The molecule has 9 N–H and O–H groups in total. The van der Waals surface area contributed by atoms with Crippen molar-refractivity contribution in [2.45, 2.75) is 61.2 Å².